The first-order valence-electron chi connectivity index (χ1n) is 8.07. The summed E-state index contributed by atoms with van der Waals surface area (Å²) in [5, 5.41) is 0. The number of fused-ring (bicyclic) bond motifs is 2. The third-order valence-electron chi connectivity index (χ3n) is 5.32. The zero-order valence-corrected chi connectivity index (χ0v) is 13.1. The molecule has 1 saturated carbocycles. The minimum atomic E-state index is -1.40. The predicted molar refractivity (Wildman–Crippen MR) is 83.3 cm³/mol. The first-order chi connectivity index (χ1) is 12.1. The van der Waals surface area contributed by atoms with Crippen molar-refractivity contribution in [3.05, 3.63) is 71.8 Å². The summed E-state index contributed by atoms with van der Waals surface area (Å²) < 4.78 is 22.4. The molecule has 2 aromatic rings. The van der Waals surface area contributed by atoms with Gasteiger partial charge in [0, 0.05) is 24.0 Å². The molecule has 2 aliphatic heterocycles. The summed E-state index contributed by atoms with van der Waals surface area (Å²) in [6.07, 6.45) is -0.818. The van der Waals surface area contributed by atoms with E-state index in [1.165, 1.54) is 0 Å². The van der Waals surface area contributed by atoms with Crippen molar-refractivity contribution in [2.75, 3.05) is 0 Å². The van der Waals surface area contributed by atoms with Crippen LogP contribution in [0.3, 0.4) is 0 Å². The van der Waals surface area contributed by atoms with Crippen LogP contribution in [0.2, 0.25) is 0 Å². The second-order valence-electron chi connectivity index (χ2n) is 6.40. The number of carbonyl (C=O) groups is 2. The van der Waals surface area contributed by atoms with Crippen LogP contribution < -0.4 is 0 Å². The molecule has 5 rings (SSSR count). The van der Waals surface area contributed by atoms with Crippen molar-refractivity contribution in [2.24, 2.45) is 0 Å². The minimum absolute atomic E-state index is 0.357. The summed E-state index contributed by atoms with van der Waals surface area (Å²) in [6, 6.07) is 18.5. The Balaban J connectivity index is 1.80. The average Bonchev–Trinajstić information content (AvgIpc) is 3.07. The van der Waals surface area contributed by atoms with Gasteiger partial charge in [-0.25, -0.2) is 9.59 Å². The van der Waals surface area contributed by atoms with Gasteiger partial charge in [-0.05, 0) is 0 Å². The van der Waals surface area contributed by atoms with Gasteiger partial charge < -0.3 is 18.9 Å². The molecule has 6 heteroatoms. The van der Waals surface area contributed by atoms with Gasteiger partial charge in [-0.1, -0.05) is 60.7 Å². The molecule has 0 aromatic heterocycles. The van der Waals surface area contributed by atoms with Crippen molar-refractivity contribution in [3.63, 3.8) is 0 Å². The number of hydrogen-bond donors (Lipinski definition) is 0. The van der Waals surface area contributed by atoms with Crippen molar-refractivity contribution in [1.82, 2.24) is 0 Å². The number of carbonyl (C=O) groups excluding carboxylic acids is 2. The molecule has 126 valence electrons. The molecular weight excluding hydrogens is 324 g/mol. The monoisotopic (exact) mass is 338 g/mol. The normalized spacial score (nSPS) is 31.4. The maximum Gasteiger partial charge on any atom is 0.515 e. The van der Waals surface area contributed by atoms with E-state index in [0.29, 0.717) is 18.4 Å². The van der Waals surface area contributed by atoms with E-state index in [1.807, 2.05) is 60.7 Å². The molecular formula is C19H14O6. The molecule has 3 fully saturated rings. The molecule has 1 spiro atoms. The van der Waals surface area contributed by atoms with Gasteiger partial charge in [0.15, 0.2) is 5.60 Å². The summed E-state index contributed by atoms with van der Waals surface area (Å²) in [5.74, 6) is -1.38. The Hall–Kier alpha value is -3.02. The highest BCUT2D eigenvalue weighted by molar-refractivity contribution is 5.72. The van der Waals surface area contributed by atoms with Crippen LogP contribution in [0, 0.1) is 0 Å². The van der Waals surface area contributed by atoms with E-state index in [1.54, 1.807) is 0 Å². The quantitative estimate of drug-likeness (QED) is 0.779. The average molecular weight is 338 g/mol. The van der Waals surface area contributed by atoms with Crippen LogP contribution >= 0.6 is 0 Å². The van der Waals surface area contributed by atoms with Gasteiger partial charge in [-0.15, -0.1) is 0 Å². The van der Waals surface area contributed by atoms with E-state index in [-0.39, 0.29) is 0 Å². The van der Waals surface area contributed by atoms with Gasteiger partial charge in [0.2, 0.25) is 0 Å². The van der Waals surface area contributed by atoms with Crippen LogP contribution in [-0.2, 0) is 30.1 Å². The molecule has 2 saturated heterocycles. The van der Waals surface area contributed by atoms with E-state index in [9.17, 15) is 9.59 Å². The van der Waals surface area contributed by atoms with Gasteiger partial charge in [0.1, 0.15) is 0 Å². The lowest BCUT2D eigenvalue weighted by atomic mass is 9.73. The first-order valence-corrected chi connectivity index (χ1v) is 8.07. The van der Waals surface area contributed by atoms with E-state index in [4.69, 9.17) is 18.9 Å². The summed E-state index contributed by atoms with van der Waals surface area (Å²) in [5.41, 5.74) is -1.09. The Morgan fingerprint density at radius 1 is 0.640 bits per heavy atom. The third kappa shape index (κ3) is 1.54. The lowest BCUT2D eigenvalue weighted by Gasteiger charge is -2.48. The summed E-state index contributed by atoms with van der Waals surface area (Å²) in [7, 11) is 0. The molecule has 2 heterocycles. The van der Waals surface area contributed by atoms with Crippen LogP contribution in [0.5, 0.6) is 0 Å². The van der Waals surface area contributed by atoms with Gasteiger partial charge in [-0.2, -0.15) is 0 Å². The fraction of sp³-hybridized carbons (Fsp3) is 0.263. The lowest BCUT2D eigenvalue weighted by Crippen LogP contribution is -2.65. The number of hydrogen-bond acceptors (Lipinski definition) is 6. The van der Waals surface area contributed by atoms with Crippen molar-refractivity contribution < 1.29 is 28.5 Å². The maximum atomic E-state index is 12.3. The molecule has 2 atom stereocenters. The SMILES string of the molecule is O=C1OC2(CCC3(c4ccccc4)OC(=O)OC23c2ccccc2)O1. The molecule has 0 bridgehead atoms. The molecule has 0 radical (unpaired) electrons. The van der Waals surface area contributed by atoms with Crippen molar-refractivity contribution in [1.29, 1.82) is 0 Å². The predicted octanol–water partition coefficient (Wildman–Crippen LogP) is 3.60. The largest absolute Gasteiger partial charge is 0.515 e. The molecule has 0 amide bonds. The number of benzene rings is 2. The Labute approximate surface area is 143 Å². The molecule has 2 unspecified atom stereocenters. The lowest BCUT2D eigenvalue weighted by molar-refractivity contribution is -0.343. The molecule has 25 heavy (non-hydrogen) atoms. The molecule has 1 aliphatic carbocycles. The number of rotatable bonds is 2. The van der Waals surface area contributed by atoms with Crippen molar-refractivity contribution in [2.45, 2.75) is 29.8 Å². The Kier molecular flexibility index (Phi) is 2.60. The minimum Gasteiger partial charge on any atom is -0.418 e. The van der Waals surface area contributed by atoms with Crippen LogP contribution in [0.1, 0.15) is 24.0 Å². The van der Waals surface area contributed by atoms with E-state index in [0.717, 1.165) is 5.56 Å². The van der Waals surface area contributed by atoms with E-state index < -0.39 is 29.3 Å². The van der Waals surface area contributed by atoms with Crippen molar-refractivity contribution >= 4 is 12.3 Å². The summed E-state index contributed by atoms with van der Waals surface area (Å²) in [6.45, 7) is 0. The smallest absolute Gasteiger partial charge is 0.418 e. The van der Waals surface area contributed by atoms with Gasteiger partial charge in [-0.3, -0.25) is 0 Å². The highest BCUT2D eigenvalue weighted by Gasteiger charge is 2.85. The molecule has 0 N–H and O–H groups in total. The Morgan fingerprint density at radius 3 is 1.80 bits per heavy atom. The molecule has 6 nitrogen and oxygen atoms in total. The highest BCUT2D eigenvalue weighted by Crippen LogP contribution is 2.68. The fourth-order valence-corrected chi connectivity index (χ4v) is 4.39. The summed E-state index contributed by atoms with van der Waals surface area (Å²) >= 11 is 0. The highest BCUT2D eigenvalue weighted by atomic mass is 16.9. The summed E-state index contributed by atoms with van der Waals surface area (Å²) in [4.78, 5) is 23.8. The topological polar surface area (TPSA) is 71.1 Å². The zero-order valence-electron chi connectivity index (χ0n) is 13.1. The second kappa shape index (κ2) is 4.53. The van der Waals surface area contributed by atoms with E-state index in [2.05, 4.69) is 0 Å². The Bertz CT molecular complexity index is 856. The first kappa shape index (κ1) is 14.3. The fourth-order valence-electron chi connectivity index (χ4n) is 4.39. The van der Waals surface area contributed by atoms with E-state index >= 15 is 0 Å². The van der Waals surface area contributed by atoms with Crippen LogP contribution in [0.15, 0.2) is 60.7 Å². The van der Waals surface area contributed by atoms with Gasteiger partial charge in [0.25, 0.3) is 5.60 Å². The second-order valence-corrected chi connectivity index (χ2v) is 6.40. The standard InChI is InChI=1S/C19H14O6/c20-15-22-17(13-7-3-1-4-8-13)11-12-18(23-16(21)24-18)19(17,25-15)14-9-5-2-6-10-14/h1-10H,11-12H2. The van der Waals surface area contributed by atoms with Crippen LogP contribution in [0.25, 0.3) is 0 Å². The van der Waals surface area contributed by atoms with Crippen molar-refractivity contribution in [3.8, 4) is 0 Å². The van der Waals surface area contributed by atoms with Crippen LogP contribution in [0.4, 0.5) is 9.59 Å². The van der Waals surface area contributed by atoms with Gasteiger partial charge in [0.05, 0.1) is 0 Å². The molecule has 2 aromatic carbocycles. The zero-order chi connectivity index (χ0) is 17.1. The Morgan fingerprint density at radius 2 is 1.20 bits per heavy atom. The maximum absolute atomic E-state index is 12.3. The van der Waals surface area contributed by atoms with Gasteiger partial charge >= 0.3 is 18.1 Å². The third-order valence-corrected chi connectivity index (χ3v) is 5.32. The number of ether oxygens (including phenoxy) is 4. The molecule has 3 aliphatic rings. The van der Waals surface area contributed by atoms with Crippen LogP contribution in [-0.4, -0.2) is 18.1 Å².